The minimum absolute atomic E-state index is 0.317. The number of aromatic nitrogens is 3. The van der Waals surface area contributed by atoms with Gasteiger partial charge in [0, 0.05) is 53.2 Å². The fourth-order valence-electron chi connectivity index (χ4n) is 3.13. The zero-order valence-corrected chi connectivity index (χ0v) is 15.6. The highest BCUT2D eigenvalue weighted by atomic mass is 35.5. The predicted molar refractivity (Wildman–Crippen MR) is 107 cm³/mol. The van der Waals surface area contributed by atoms with Crippen LogP contribution in [0.25, 0.3) is 33.1 Å². The number of benzene rings is 1. The molecule has 0 radical (unpaired) electrons. The van der Waals surface area contributed by atoms with Crippen LogP contribution < -0.4 is 5.73 Å². The largest absolute Gasteiger partial charge is 0.346 e. The number of fused-ring (bicyclic) bond motifs is 2. The summed E-state index contributed by atoms with van der Waals surface area (Å²) in [6, 6.07) is 8.56. The maximum absolute atomic E-state index is 14.5. The lowest BCUT2D eigenvalue weighted by Crippen LogP contribution is -2.24. The van der Waals surface area contributed by atoms with Crippen molar-refractivity contribution in [2.75, 3.05) is 13.1 Å². The number of nitrogens with one attached hydrogen (secondary N) is 1. The molecule has 0 spiro atoms. The fraction of sp³-hybridized carbons (Fsp3) is 0.150. The van der Waals surface area contributed by atoms with E-state index in [1.807, 2.05) is 6.07 Å². The lowest BCUT2D eigenvalue weighted by Gasteiger charge is -2.13. The number of pyridine rings is 2. The second kappa shape index (κ2) is 7.53. The molecule has 0 bridgehead atoms. The summed E-state index contributed by atoms with van der Waals surface area (Å²) >= 11 is 6.05. The molecule has 8 heteroatoms. The van der Waals surface area contributed by atoms with E-state index in [9.17, 15) is 9.18 Å². The average molecular weight is 398 g/mol. The molecule has 0 saturated carbocycles. The molecular weight excluding hydrogens is 381 g/mol. The van der Waals surface area contributed by atoms with Crippen molar-refractivity contribution in [3.05, 3.63) is 60.3 Å². The molecule has 3 N–H and O–H groups in total. The van der Waals surface area contributed by atoms with E-state index in [0.717, 1.165) is 9.98 Å². The van der Waals surface area contributed by atoms with E-state index < -0.39 is 5.82 Å². The number of amides is 1. The van der Waals surface area contributed by atoms with Gasteiger partial charge in [-0.05, 0) is 42.8 Å². The molecule has 3 heterocycles. The first-order valence-corrected chi connectivity index (χ1v) is 9.12. The van der Waals surface area contributed by atoms with E-state index in [1.165, 1.54) is 12.3 Å². The molecule has 0 aliphatic rings. The van der Waals surface area contributed by atoms with Crippen molar-refractivity contribution in [3.8, 4) is 11.1 Å². The van der Waals surface area contributed by atoms with Gasteiger partial charge >= 0.3 is 0 Å². The van der Waals surface area contributed by atoms with Gasteiger partial charge in [-0.3, -0.25) is 14.2 Å². The highest BCUT2D eigenvalue weighted by Crippen LogP contribution is 2.31. The van der Waals surface area contributed by atoms with E-state index >= 15 is 0 Å². The van der Waals surface area contributed by atoms with Crippen molar-refractivity contribution in [2.24, 2.45) is 5.73 Å². The van der Waals surface area contributed by atoms with Crippen LogP contribution in [-0.4, -0.2) is 38.4 Å². The highest BCUT2D eigenvalue weighted by molar-refractivity contribution is 6.24. The maximum atomic E-state index is 14.5. The SMILES string of the molecule is NCCCN(Cl)C(=O)c1cnc2[nH]cc(-c3cc(F)c4ncccc4c3)c2c1. The standard InChI is InChI=1S/C20H17ClFN5O/c21-27(6-2-4-23)20(28)14-8-15-16(11-26-19(15)25-10-14)13-7-12-3-1-5-24-18(12)17(22)9-13/h1,3,5,7-11H,2,4,6,23H2,(H,25,26). The summed E-state index contributed by atoms with van der Waals surface area (Å²) in [5.74, 6) is -0.762. The highest BCUT2D eigenvalue weighted by Gasteiger charge is 2.17. The summed E-state index contributed by atoms with van der Waals surface area (Å²) in [5, 5.41) is 1.40. The smallest absolute Gasteiger partial charge is 0.269 e. The second-order valence-corrected chi connectivity index (χ2v) is 6.80. The first-order valence-electron chi connectivity index (χ1n) is 8.78. The van der Waals surface area contributed by atoms with Gasteiger partial charge in [0.05, 0.1) is 5.56 Å². The lowest BCUT2D eigenvalue weighted by atomic mass is 10.0. The number of nitrogens with two attached hydrogens (primary N) is 1. The Morgan fingerprint density at radius 3 is 2.96 bits per heavy atom. The molecule has 0 unspecified atom stereocenters. The van der Waals surface area contributed by atoms with Gasteiger partial charge in [-0.25, -0.2) is 9.37 Å². The number of nitrogens with zero attached hydrogens (tertiary/aromatic N) is 3. The van der Waals surface area contributed by atoms with E-state index in [2.05, 4.69) is 15.0 Å². The molecule has 3 aromatic heterocycles. The van der Waals surface area contributed by atoms with Crippen LogP contribution in [0.3, 0.4) is 0 Å². The summed E-state index contributed by atoms with van der Waals surface area (Å²) in [4.78, 5) is 24.0. The van der Waals surface area contributed by atoms with Crippen LogP contribution in [0.4, 0.5) is 4.39 Å². The zero-order valence-electron chi connectivity index (χ0n) is 14.8. The minimum Gasteiger partial charge on any atom is -0.346 e. The van der Waals surface area contributed by atoms with Gasteiger partial charge in [-0.2, -0.15) is 0 Å². The third kappa shape index (κ3) is 3.30. The molecule has 142 valence electrons. The van der Waals surface area contributed by atoms with Gasteiger partial charge in [0.25, 0.3) is 5.91 Å². The van der Waals surface area contributed by atoms with Crippen molar-refractivity contribution in [2.45, 2.75) is 6.42 Å². The molecule has 0 fully saturated rings. The normalized spacial score (nSPS) is 11.2. The summed E-state index contributed by atoms with van der Waals surface area (Å²) in [6.45, 7) is 0.788. The van der Waals surface area contributed by atoms with Crippen LogP contribution in [-0.2, 0) is 0 Å². The zero-order chi connectivity index (χ0) is 19.7. The molecule has 28 heavy (non-hydrogen) atoms. The number of carbonyl (C=O) groups is 1. The van der Waals surface area contributed by atoms with E-state index in [1.54, 1.807) is 30.6 Å². The molecule has 4 aromatic rings. The van der Waals surface area contributed by atoms with Crippen molar-refractivity contribution >= 4 is 39.6 Å². The minimum atomic E-state index is -0.406. The topological polar surface area (TPSA) is 87.9 Å². The van der Waals surface area contributed by atoms with E-state index in [-0.39, 0.29) is 5.91 Å². The van der Waals surface area contributed by atoms with Crippen LogP contribution in [0, 0.1) is 5.82 Å². The number of aromatic amines is 1. The fourth-order valence-corrected chi connectivity index (χ4v) is 3.35. The van der Waals surface area contributed by atoms with Gasteiger partial charge < -0.3 is 10.7 Å². The molecular formula is C20H17ClFN5O. The molecule has 0 atom stereocenters. The average Bonchev–Trinajstić information content (AvgIpc) is 3.14. The summed E-state index contributed by atoms with van der Waals surface area (Å²) in [5.41, 5.74) is 8.14. The molecule has 0 saturated heterocycles. The third-order valence-corrected chi connectivity index (χ3v) is 4.85. The van der Waals surface area contributed by atoms with Crippen LogP contribution in [0.15, 0.2) is 48.9 Å². The maximum Gasteiger partial charge on any atom is 0.269 e. The summed E-state index contributed by atoms with van der Waals surface area (Å²) in [6.07, 6.45) is 5.37. The molecule has 4 rings (SSSR count). The Hall–Kier alpha value is -3.03. The molecule has 6 nitrogen and oxygen atoms in total. The molecule has 1 amide bonds. The Kier molecular flexibility index (Phi) is 4.93. The number of carbonyl (C=O) groups excluding carboxylic acids is 1. The van der Waals surface area contributed by atoms with Crippen molar-refractivity contribution in [1.29, 1.82) is 0 Å². The van der Waals surface area contributed by atoms with Crippen molar-refractivity contribution < 1.29 is 9.18 Å². The van der Waals surface area contributed by atoms with Crippen LogP contribution in [0.2, 0.25) is 0 Å². The number of H-pyrrole nitrogens is 1. The third-order valence-electron chi connectivity index (χ3n) is 4.53. The van der Waals surface area contributed by atoms with Gasteiger partial charge in [-0.15, -0.1) is 0 Å². The first kappa shape index (κ1) is 18.3. The second-order valence-electron chi connectivity index (χ2n) is 6.39. The van der Waals surface area contributed by atoms with E-state index in [4.69, 9.17) is 17.5 Å². The number of halogens is 2. The summed E-state index contributed by atoms with van der Waals surface area (Å²) < 4.78 is 15.6. The Labute approximate surface area is 165 Å². The number of hydrogen-bond acceptors (Lipinski definition) is 4. The van der Waals surface area contributed by atoms with Gasteiger partial charge in [0.2, 0.25) is 0 Å². The molecule has 1 aromatic carbocycles. The Balaban J connectivity index is 1.78. The van der Waals surface area contributed by atoms with Crippen LogP contribution >= 0.6 is 11.8 Å². The summed E-state index contributed by atoms with van der Waals surface area (Å²) in [7, 11) is 0. The van der Waals surface area contributed by atoms with Crippen LogP contribution in [0.5, 0.6) is 0 Å². The number of rotatable bonds is 5. The van der Waals surface area contributed by atoms with Crippen molar-refractivity contribution in [3.63, 3.8) is 0 Å². The Bertz CT molecular complexity index is 1180. The van der Waals surface area contributed by atoms with E-state index in [0.29, 0.717) is 52.6 Å². The van der Waals surface area contributed by atoms with Gasteiger partial charge in [0.15, 0.2) is 0 Å². The molecule has 0 aliphatic carbocycles. The quantitative estimate of drug-likeness (QED) is 0.500. The predicted octanol–water partition coefficient (Wildman–Crippen LogP) is 3.86. The number of hydrogen-bond donors (Lipinski definition) is 2. The van der Waals surface area contributed by atoms with Gasteiger partial charge in [-0.1, -0.05) is 6.07 Å². The lowest BCUT2D eigenvalue weighted by molar-refractivity contribution is 0.0863. The Morgan fingerprint density at radius 1 is 1.29 bits per heavy atom. The van der Waals surface area contributed by atoms with Gasteiger partial charge in [0.1, 0.15) is 17.0 Å². The first-order chi connectivity index (χ1) is 13.6. The van der Waals surface area contributed by atoms with Crippen LogP contribution in [0.1, 0.15) is 16.8 Å². The monoisotopic (exact) mass is 397 g/mol. The molecule has 0 aliphatic heterocycles. The van der Waals surface area contributed by atoms with Crippen molar-refractivity contribution in [1.82, 2.24) is 19.4 Å². The Morgan fingerprint density at radius 2 is 2.14 bits per heavy atom.